The Morgan fingerprint density at radius 1 is 1.12 bits per heavy atom. The summed E-state index contributed by atoms with van der Waals surface area (Å²) in [6.45, 7) is 1.90. The van der Waals surface area contributed by atoms with E-state index in [2.05, 4.69) is 21.2 Å². The quantitative estimate of drug-likeness (QED) is 0.746. The second-order valence-electron chi connectivity index (χ2n) is 5.75. The maximum Gasteiger partial charge on any atom is 0.257 e. The molecule has 2 aromatic carbocycles. The number of para-hydroxylation sites is 1. The number of hydrogen-bond donors (Lipinski definition) is 1. The van der Waals surface area contributed by atoms with Gasteiger partial charge in [-0.1, -0.05) is 40.2 Å². The number of rotatable bonds is 3. The molecule has 0 aliphatic heterocycles. The van der Waals surface area contributed by atoms with Crippen LogP contribution in [0.5, 0.6) is 0 Å². The van der Waals surface area contributed by atoms with E-state index < -0.39 is 0 Å². The number of aromatic nitrogens is 1. The van der Waals surface area contributed by atoms with Gasteiger partial charge in [-0.2, -0.15) is 0 Å². The van der Waals surface area contributed by atoms with Crippen molar-refractivity contribution in [2.75, 3.05) is 0 Å². The van der Waals surface area contributed by atoms with Crippen molar-refractivity contribution in [2.45, 2.75) is 13.0 Å². The van der Waals surface area contributed by atoms with Gasteiger partial charge in [-0.05, 0) is 36.8 Å². The van der Waals surface area contributed by atoms with Crippen LogP contribution in [0.3, 0.4) is 0 Å². The maximum absolute atomic E-state index is 12.6. The molecule has 1 aromatic heterocycles. The fourth-order valence-corrected chi connectivity index (χ4v) is 2.98. The minimum absolute atomic E-state index is 0.153. The molecule has 3 rings (SSSR count). The van der Waals surface area contributed by atoms with Crippen molar-refractivity contribution in [1.82, 2.24) is 9.88 Å². The average Bonchev–Trinajstić information content (AvgIpc) is 2.58. The summed E-state index contributed by atoms with van der Waals surface area (Å²) in [5.74, 6) is -0.364. The molecule has 4 nitrogen and oxygen atoms in total. The Hall–Kier alpha value is -2.40. The highest BCUT2D eigenvalue weighted by Crippen LogP contribution is 2.17. The topological polar surface area (TPSA) is 51.1 Å². The van der Waals surface area contributed by atoms with Gasteiger partial charge in [0.2, 0.25) is 5.43 Å². The fraction of sp³-hybridized carbons (Fsp3) is 0.158. The van der Waals surface area contributed by atoms with Crippen LogP contribution in [0.15, 0.2) is 64.0 Å². The standard InChI is InChI=1S/C19H17BrN2O2/c1-12(13-7-9-14(20)10-8-13)21-19(24)16-11-22(2)17-6-4-3-5-15(17)18(16)23/h3-12H,1-2H3,(H,21,24)/t12-/m1/s1. The predicted octanol–water partition coefficient (Wildman–Crippen LogP) is 3.79. The molecule has 0 unspecified atom stereocenters. The largest absolute Gasteiger partial charge is 0.350 e. The summed E-state index contributed by atoms with van der Waals surface area (Å²) in [6, 6.07) is 14.8. The lowest BCUT2D eigenvalue weighted by Gasteiger charge is -2.15. The minimum atomic E-state index is -0.364. The van der Waals surface area contributed by atoms with E-state index in [9.17, 15) is 9.59 Å². The average molecular weight is 385 g/mol. The number of amides is 1. The third-order valence-electron chi connectivity index (χ3n) is 4.06. The van der Waals surface area contributed by atoms with Gasteiger partial charge in [0, 0.05) is 23.1 Å². The van der Waals surface area contributed by atoms with Gasteiger partial charge in [-0.3, -0.25) is 9.59 Å². The first-order valence-electron chi connectivity index (χ1n) is 7.62. The molecule has 1 N–H and O–H groups in total. The Bertz CT molecular complexity index is 961. The van der Waals surface area contributed by atoms with E-state index in [0.29, 0.717) is 5.39 Å². The molecule has 0 spiro atoms. The first kappa shape index (κ1) is 16.5. The molecule has 5 heteroatoms. The lowest BCUT2D eigenvalue weighted by atomic mass is 10.1. The van der Waals surface area contributed by atoms with Crippen molar-refractivity contribution >= 4 is 32.7 Å². The summed E-state index contributed by atoms with van der Waals surface area (Å²) >= 11 is 3.39. The second-order valence-corrected chi connectivity index (χ2v) is 6.66. The van der Waals surface area contributed by atoms with Crippen LogP contribution in [0.4, 0.5) is 0 Å². The van der Waals surface area contributed by atoms with Gasteiger partial charge >= 0.3 is 0 Å². The molecule has 0 saturated carbocycles. The normalized spacial score (nSPS) is 12.1. The van der Waals surface area contributed by atoms with E-state index in [1.54, 1.807) is 22.9 Å². The van der Waals surface area contributed by atoms with Crippen molar-refractivity contribution < 1.29 is 4.79 Å². The van der Waals surface area contributed by atoms with Crippen LogP contribution < -0.4 is 10.7 Å². The summed E-state index contributed by atoms with van der Waals surface area (Å²) in [7, 11) is 1.83. The van der Waals surface area contributed by atoms with E-state index in [1.807, 2.05) is 50.4 Å². The number of pyridine rings is 1. The molecule has 3 aromatic rings. The van der Waals surface area contributed by atoms with Gasteiger partial charge in [0.1, 0.15) is 5.56 Å². The van der Waals surface area contributed by atoms with Gasteiger partial charge in [-0.15, -0.1) is 0 Å². The SMILES string of the molecule is C[C@@H](NC(=O)c1cn(C)c2ccccc2c1=O)c1ccc(Br)cc1. The molecular formula is C19H17BrN2O2. The highest BCUT2D eigenvalue weighted by Gasteiger charge is 2.17. The van der Waals surface area contributed by atoms with Crippen LogP contribution in [-0.2, 0) is 7.05 Å². The molecule has 122 valence electrons. The second kappa shape index (κ2) is 6.61. The van der Waals surface area contributed by atoms with E-state index in [-0.39, 0.29) is 22.9 Å². The van der Waals surface area contributed by atoms with Gasteiger partial charge in [0.05, 0.1) is 11.6 Å². The molecule has 0 aliphatic carbocycles. The first-order valence-corrected chi connectivity index (χ1v) is 8.41. The van der Waals surface area contributed by atoms with Crippen molar-refractivity contribution in [2.24, 2.45) is 7.05 Å². The Kier molecular flexibility index (Phi) is 4.53. The predicted molar refractivity (Wildman–Crippen MR) is 99.2 cm³/mol. The minimum Gasteiger partial charge on any atom is -0.350 e. The number of fused-ring (bicyclic) bond motifs is 1. The molecule has 1 amide bonds. The zero-order valence-corrected chi connectivity index (χ0v) is 15.0. The molecular weight excluding hydrogens is 368 g/mol. The van der Waals surface area contributed by atoms with Crippen LogP contribution >= 0.6 is 15.9 Å². The van der Waals surface area contributed by atoms with Crippen molar-refractivity contribution in [3.05, 3.63) is 80.6 Å². The highest BCUT2D eigenvalue weighted by molar-refractivity contribution is 9.10. The third kappa shape index (κ3) is 3.12. The lowest BCUT2D eigenvalue weighted by Crippen LogP contribution is -2.31. The maximum atomic E-state index is 12.6. The van der Waals surface area contributed by atoms with Crippen LogP contribution in [0, 0.1) is 0 Å². The molecule has 0 saturated heterocycles. The molecule has 0 bridgehead atoms. The van der Waals surface area contributed by atoms with Crippen molar-refractivity contribution in [3.8, 4) is 0 Å². The zero-order chi connectivity index (χ0) is 17.3. The number of carbonyl (C=O) groups excluding carboxylic acids is 1. The van der Waals surface area contributed by atoms with Crippen LogP contribution in [-0.4, -0.2) is 10.5 Å². The summed E-state index contributed by atoms with van der Waals surface area (Å²) < 4.78 is 2.78. The Balaban J connectivity index is 1.93. The molecule has 0 fully saturated rings. The molecule has 0 radical (unpaired) electrons. The number of hydrogen-bond acceptors (Lipinski definition) is 2. The van der Waals surface area contributed by atoms with Crippen LogP contribution in [0.2, 0.25) is 0 Å². The number of benzene rings is 2. The highest BCUT2D eigenvalue weighted by atomic mass is 79.9. The Morgan fingerprint density at radius 2 is 1.79 bits per heavy atom. The Morgan fingerprint density at radius 3 is 2.50 bits per heavy atom. The third-order valence-corrected chi connectivity index (χ3v) is 4.59. The van der Waals surface area contributed by atoms with Crippen molar-refractivity contribution in [3.63, 3.8) is 0 Å². The summed E-state index contributed by atoms with van der Waals surface area (Å²) in [5.41, 5.74) is 1.69. The van der Waals surface area contributed by atoms with Gasteiger partial charge in [0.15, 0.2) is 0 Å². The number of nitrogens with zero attached hydrogens (tertiary/aromatic N) is 1. The number of carbonyl (C=O) groups is 1. The van der Waals surface area contributed by atoms with Crippen LogP contribution in [0.25, 0.3) is 10.9 Å². The van der Waals surface area contributed by atoms with Gasteiger partial charge in [0.25, 0.3) is 5.91 Å². The van der Waals surface area contributed by atoms with E-state index in [4.69, 9.17) is 0 Å². The van der Waals surface area contributed by atoms with E-state index in [0.717, 1.165) is 15.6 Å². The molecule has 1 heterocycles. The summed E-state index contributed by atoms with van der Waals surface area (Å²) in [4.78, 5) is 25.2. The number of halogens is 1. The first-order chi connectivity index (χ1) is 11.5. The van der Waals surface area contributed by atoms with Crippen LogP contribution in [0.1, 0.15) is 28.9 Å². The Labute approximate surface area is 148 Å². The van der Waals surface area contributed by atoms with Gasteiger partial charge < -0.3 is 9.88 Å². The number of aryl methyl sites for hydroxylation is 1. The van der Waals surface area contributed by atoms with Gasteiger partial charge in [-0.25, -0.2) is 0 Å². The smallest absolute Gasteiger partial charge is 0.257 e. The molecule has 24 heavy (non-hydrogen) atoms. The molecule has 0 aliphatic rings. The fourth-order valence-electron chi connectivity index (χ4n) is 2.71. The molecule has 1 atom stereocenters. The zero-order valence-electron chi connectivity index (χ0n) is 13.4. The number of nitrogens with one attached hydrogen (secondary N) is 1. The summed E-state index contributed by atoms with van der Waals surface area (Å²) in [6.07, 6.45) is 1.59. The van der Waals surface area contributed by atoms with Crippen molar-refractivity contribution in [1.29, 1.82) is 0 Å². The lowest BCUT2D eigenvalue weighted by molar-refractivity contribution is 0.0938. The monoisotopic (exact) mass is 384 g/mol. The summed E-state index contributed by atoms with van der Waals surface area (Å²) in [5, 5.41) is 3.44. The van der Waals surface area contributed by atoms with E-state index in [1.165, 1.54) is 0 Å². The van der Waals surface area contributed by atoms with E-state index >= 15 is 0 Å².